The van der Waals surface area contributed by atoms with Gasteiger partial charge < -0.3 is 10.4 Å². The van der Waals surface area contributed by atoms with E-state index in [9.17, 15) is 36.3 Å². The largest absolute Gasteiger partial charge is 0.426 e. The van der Waals surface area contributed by atoms with E-state index in [1.54, 1.807) is 23.5 Å². The lowest BCUT2D eigenvalue weighted by atomic mass is 10.1. The van der Waals surface area contributed by atoms with Gasteiger partial charge >= 0.3 is 6.18 Å². The SMILES string of the molecule is CC(O)(C(=O)Nc1ccc(S(=O)(=O)NC(=O)Cc2ccccc2Cl)cc1Cl)C(F)(F)F. The van der Waals surface area contributed by atoms with Crippen LogP contribution in [0.4, 0.5) is 18.9 Å². The number of nitrogens with one attached hydrogen (secondary N) is 2. The molecule has 0 aliphatic carbocycles. The lowest BCUT2D eigenvalue weighted by Crippen LogP contribution is -2.52. The number of aliphatic hydroxyl groups is 1. The molecule has 0 fully saturated rings. The number of carbonyl (C=O) groups is 2. The molecule has 13 heteroatoms. The fourth-order valence-electron chi connectivity index (χ4n) is 2.20. The first-order valence-electron chi connectivity index (χ1n) is 8.34. The van der Waals surface area contributed by atoms with Crippen molar-refractivity contribution in [2.45, 2.75) is 30.0 Å². The molecule has 0 aliphatic heterocycles. The Bertz CT molecular complexity index is 1120. The number of rotatable bonds is 6. The van der Waals surface area contributed by atoms with Crippen molar-refractivity contribution in [1.82, 2.24) is 4.72 Å². The molecule has 2 rings (SSSR count). The van der Waals surface area contributed by atoms with Gasteiger partial charge in [0.05, 0.1) is 22.0 Å². The van der Waals surface area contributed by atoms with E-state index in [0.717, 1.165) is 18.2 Å². The summed E-state index contributed by atoms with van der Waals surface area (Å²) in [7, 11) is -4.38. The molecule has 1 atom stereocenters. The standard InChI is InChI=1S/C18H15Cl2F3N2O5S/c1-17(28,18(21,22)23)16(27)24-14-7-6-11(9-13(14)20)31(29,30)25-15(26)8-10-4-2-3-5-12(10)19/h2-7,9,28H,8H2,1H3,(H,24,27)(H,25,26). The number of halogens is 5. The second-order valence-electron chi connectivity index (χ2n) is 6.46. The van der Waals surface area contributed by atoms with Crippen LogP contribution in [-0.2, 0) is 26.0 Å². The van der Waals surface area contributed by atoms with Gasteiger partial charge in [-0.05, 0) is 36.8 Å². The molecule has 0 saturated heterocycles. The molecule has 0 aromatic heterocycles. The number of benzene rings is 2. The van der Waals surface area contributed by atoms with E-state index in [-0.39, 0.29) is 24.1 Å². The fourth-order valence-corrected chi connectivity index (χ4v) is 3.70. The molecule has 3 N–H and O–H groups in total. The Kier molecular flexibility index (Phi) is 7.26. The molecule has 31 heavy (non-hydrogen) atoms. The van der Waals surface area contributed by atoms with Crippen molar-refractivity contribution in [1.29, 1.82) is 0 Å². The van der Waals surface area contributed by atoms with Crippen LogP contribution in [0, 0.1) is 0 Å². The Balaban J connectivity index is 2.17. The minimum atomic E-state index is -5.25. The van der Waals surface area contributed by atoms with Gasteiger partial charge in [-0.15, -0.1) is 0 Å². The summed E-state index contributed by atoms with van der Waals surface area (Å²) in [5, 5.41) is 11.0. The molecule has 1 unspecified atom stereocenters. The highest BCUT2D eigenvalue weighted by atomic mass is 35.5. The predicted octanol–water partition coefficient (Wildman–Crippen LogP) is 3.29. The van der Waals surface area contributed by atoms with E-state index < -0.39 is 43.5 Å². The van der Waals surface area contributed by atoms with Crippen LogP contribution >= 0.6 is 23.2 Å². The summed E-state index contributed by atoms with van der Waals surface area (Å²) in [5.74, 6) is -2.70. The van der Waals surface area contributed by atoms with Gasteiger partial charge in [-0.1, -0.05) is 41.4 Å². The molecule has 2 aromatic carbocycles. The van der Waals surface area contributed by atoms with Crippen LogP contribution in [0.3, 0.4) is 0 Å². The summed E-state index contributed by atoms with van der Waals surface area (Å²) in [6.07, 6.45) is -5.58. The highest BCUT2D eigenvalue weighted by Crippen LogP contribution is 2.32. The molecule has 2 aromatic rings. The quantitative estimate of drug-likeness (QED) is 0.565. The second kappa shape index (κ2) is 9.03. The molecule has 0 aliphatic rings. The van der Waals surface area contributed by atoms with E-state index in [1.807, 2.05) is 4.72 Å². The van der Waals surface area contributed by atoms with Crippen LogP contribution in [0.5, 0.6) is 0 Å². The predicted molar refractivity (Wildman–Crippen MR) is 107 cm³/mol. The first-order chi connectivity index (χ1) is 14.1. The van der Waals surface area contributed by atoms with E-state index in [2.05, 4.69) is 0 Å². The molecule has 0 heterocycles. The molecule has 2 amide bonds. The van der Waals surface area contributed by atoms with Crippen LogP contribution < -0.4 is 10.0 Å². The van der Waals surface area contributed by atoms with Gasteiger partial charge in [0.15, 0.2) is 0 Å². The number of amides is 2. The normalized spacial score (nSPS) is 13.9. The Morgan fingerprint density at radius 2 is 1.68 bits per heavy atom. The monoisotopic (exact) mass is 498 g/mol. The zero-order valence-electron chi connectivity index (χ0n) is 15.6. The van der Waals surface area contributed by atoms with Crippen molar-refractivity contribution >= 4 is 50.7 Å². The number of anilines is 1. The third-order valence-corrected chi connectivity index (χ3v) is 6.10. The van der Waals surface area contributed by atoms with Crippen molar-refractivity contribution in [3.63, 3.8) is 0 Å². The van der Waals surface area contributed by atoms with Crippen molar-refractivity contribution in [2.75, 3.05) is 5.32 Å². The fraction of sp³-hybridized carbons (Fsp3) is 0.222. The van der Waals surface area contributed by atoms with Crippen LogP contribution in [0.1, 0.15) is 12.5 Å². The van der Waals surface area contributed by atoms with Gasteiger partial charge in [0.25, 0.3) is 15.9 Å². The lowest BCUT2D eigenvalue weighted by molar-refractivity contribution is -0.242. The van der Waals surface area contributed by atoms with Gasteiger partial charge in [-0.25, -0.2) is 13.1 Å². The first-order valence-corrected chi connectivity index (χ1v) is 10.6. The van der Waals surface area contributed by atoms with E-state index in [1.165, 1.54) is 6.07 Å². The summed E-state index contributed by atoms with van der Waals surface area (Å²) >= 11 is 11.8. The Morgan fingerprint density at radius 1 is 1.06 bits per heavy atom. The minimum absolute atomic E-state index is 0.254. The zero-order chi connectivity index (χ0) is 23.6. The molecular weight excluding hydrogens is 484 g/mol. The highest BCUT2D eigenvalue weighted by molar-refractivity contribution is 7.90. The Morgan fingerprint density at radius 3 is 2.23 bits per heavy atom. The third-order valence-electron chi connectivity index (χ3n) is 4.05. The maximum absolute atomic E-state index is 12.7. The van der Waals surface area contributed by atoms with Gasteiger partial charge in [0.2, 0.25) is 11.5 Å². The summed E-state index contributed by atoms with van der Waals surface area (Å²) in [5.41, 5.74) is -3.68. The Hall–Kier alpha value is -2.34. The first kappa shape index (κ1) is 24.9. The maximum Gasteiger partial charge on any atom is 0.426 e. The van der Waals surface area contributed by atoms with Gasteiger partial charge in [0.1, 0.15) is 0 Å². The van der Waals surface area contributed by atoms with E-state index >= 15 is 0 Å². The topological polar surface area (TPSA) is 113 Å². The maximum atomic E-state index is 12.7. The summed E-state index contributed by atoms with van der Waals surface area (Å²) in [4.78, 5) is 23.3. The number of hydrogen-bond acceptors (Lipinski definition) is 5. The number of hydrogen-bond donors (Lipinski definition) is 3. The second-order valence-corrected chi connectivity index (χ2v) is 8.96. The van der Waals surface area contributed by atoms with Crippen molar-refractivity contribution in [2.24, 2.45) is 0 Å². The van der Waals surface area contributed by atoms with Crippen LogP contribution in [0.25, 0.3) is 0 Å². The van der Waals surface area contributed by atoms with Crippen molar-refractivity contribution in [3.8, 4) is 0 Å². The smallest absolute Gasteiger partial charge is 0.373 e. The lowest BCUT2D eigenvalue weighted by Gasteiger charge is -2.25. The molecule has 0 spiro atoms. The van der Waals surface area contributed by atoms with Crippen molar-refractivity contribution in [3.05, 3.63) is 58.1 Å². The molecule has 0 radical (unpaired) electrons. The zero-order valence-corrected chi connectivity index (χ0v) is 18.0. The van der Waals surface area contributed by atoms with E-state index in [4.69, 9.17) is 23.2 Å². The van der Waals surface area contributed by atoms with Crippen molar-refractivity contribution < 1.29 is 36.3 Å². The van der Waals surface area contributed by atoms with Crippen LogP contribution in [-0.4, -0.2) is 37.1 Å². The number of carbonyl (C=O) groups excluding carboxylic acids is 2. The molecule has 0 bridgehead atoms. The van der Waals surface area contributed by atoms with Gasteiger partial charge in [0, 0.05) is 5.02 Å². The summed E-state index contributed by atoms with van der Waals surface area (Å²) < 4.78 is 64.8. The minimum Gasteiger partial charge on any atom is -0.373 e. The molecule has 0 saturated carbocycles. The Labute approximate surface area is 185 Å². The molecule has 7 nitrogen and oxygen atoms in total. The average molecular weight is 499 g/mol. The molecular formula is C18H15Cl2F3N2O5S. The van der Waals surface area contributed by atoms with Crippen LogP contribution in [0.2, 0.25) is 10.0 Å². The number of alkyl halides is 3. The summed E-state index contributed by atoms with van der Waals surface area (Å²) in [6, 6.07) is 8.97. The number of sulfonamides is 1. The summed E-state index contributed by atoms with van der Waals surface area (Å²) in [6.45, 7) is 0.254. The molecule has 168 valence electrons. The average Bonchev–Trinajstić information content (AvgIpc) is 2.63. The van der Waals surface area contributed by atoms with Gasteiger partial charge in [-0.3, -0.25) is 9.59 Å². The van der Waals surface area contributed by atoms with Gasteiger partial charge in [-0.2, -0.15) is 13.2 Å². The van der Waals surface area contributed by atoms with Crippen LogP contribution in [0.15, 0.2) is 47.4 Å². The van der Waals surface area contributed by atoms with E-state index in [0.29, 0.717) is 5.56 Å². The third kappa shape index (κ3) is 5.88. The highest BCUT2D eigenvalue weighted by Gasteiger charge is 2.55.